The quantitative estimate of drug-likeness (QED) is 0.565. The molecule has 1 aliphatic rings. The summed E-state index contributed by atoms with van der Waals surface area (Å²) in [5, 5.41) is 2.25. The number of rotatable bonds is 0. The standard InChI is InChI=1S/C9H10S.C2H6/c1-7-6-10-9-5-3-2-4-8(7)9;1-2/h2,4,6H,3,5H2,1H3;1-2H3. The molecule has 0 N–H and O–H groups in total. The van der Waals surface area contributed by atoms with Crippen LogP contribution in [0.3, 0.4) is 0 Å². The maximum absolute atomic E-state index is 2.27. The van der Waals surface area contributed by atoms with E-state index in [-0.39, 0.29) is 0 Å². The molecule has 1 aromatic heterocycles. The van der Waals surface area contributed by atoms with Crippen LogP contribution in [-0.2, 0) is 6.42 Å². The largest absolute Gasteiger partial charge is 0.148 e. The van der Waals surface area contributed by atoms with Crippen molar-refractivity contribution in [2.75, 3.05) is 0 Å². The Hall–Kier alpha value is -0.560. The minimum Gasteiger partial charge on any atom is -0.148 e. The zero-order chi connectivity index (χ0) is 8.97. The summed E-state index contributed by atoms with van der Waals surface area (Å²) in [5.41, 5.74) is 2.92. The van der Waals surface area contributed by atoms with Crippen LogP contribution in [0.5, 0.6) is 0 Å². The molecule has 66 valence electrons. The van der Waals surface area contributed by atoms with E-state index in [0.29, 0.717) is 0 Å². The Morgan fingerprint density at radius 3 is 2.75 bits per heavy atom. The maximum atomic E-state index is 2.27. The second-order valence-corrected chi connectivity index (χ2v) is 3.66. The van der Waals surface area contributed by atoms with Crippen molar-refractivity contribution in [1.82, 2.24) is 0 Å². The summed E-state index contributed by atoms with van der Waals surface area (Å²) in [6.07, 6.45) is 7.00. The van der Waals surface area contributed by atoms with E-state index in [0.717, 1.165) is 0 Å². The van der Waals surface area contributed by atoms with Crippen LogP contribution in [0, 0.1) is 6.92 Å². The first-order valence-electron chi connectivity index (χ1n) is 4.61. The lowest BCUT2D eigenvalue weighted by Gasteiger charge is -2.03. The van der Waals surface area contributed by atoms with Gasteiger partial charge in [-0.1, -0.05) is 26.0 Å². The molecule has 0 saturated carbocycles. The number of thiophene rings is 1. The average Bonchev–Trinajstić information content (AvgIpc) is 2.53. The second-order valence-electron chi connectivity index (χ2n) is 2.70. The van der Waals surface area contributed by atoms with Gasteiger partial charge in [0.2, 0.25) is 0 Å². The lowest BCUT2D eigenvalue weighted by atomic mass is 10.0. The van der Waals surface area contributed by atoms with Crippen LogP contribution in [0.15, 0.2) is 11.5 Å². The maximum Gasteiger partial charge on any atom is 0.0123 e. The summed E-state index contributed by atoms with van der Waals surface area (Å²) in [7, 11) is 0. The molecule has 0 aromatic carbocycles. The van der Waals surface area contributed by atoms with Crippen LogP contribution in [-0.4, -0.2) is 0 Å². The van der Waals surface area contributed by atoms with E-state index in [1.807, 2.05) is 25.2 Å². The molecule has 1 aliphatic carbocycles. The van der Waals surface area contributed by atoms with E-state index in [2.05, 4.69) is 24.5 Å². The van der Waals surface area contributed by atoms with Gasteiger partial charge in [-0.05, 0) is 36.3 Å². The summed E-state index contributed by atoms with van der Waals surface area (Å²) < 4.78 is 0. The van der Waals surface area contributed by atoms with Crippen LogP contribution in [0.4, 0.5) is 0 Å². The SMILES string of the molecule is CC.Cc1csc2c1C=CCC2. The van der Waals surface area contributed by atoms with Crippen molar-refractivity contribution < 1.29 is 0 Å². The summed E-state index contributed by atoms with van der Waals surface area (Å²) in [5.74, 6) is 0. The van der Waals surface area contributed by atoms with Gasteiger partial charge in [-0.15, -0.1) is 11.3 Å². The second kappa shape index (κ2) is 4.46. The van der Waals surface area contributed by atoms with Gasteiger partial charge in [-0.3, -0.25) is 0 Å². The van der Waals surface area contributed by atoms with Gasteiger partial charge in [-0.2, -0.15) is 0 Å². The molecule has 1 aromatic rings. The highest BCUT2D eigenvalue weighted by Gasteiger charge is 2.07. The Morgan fingerprint density at radius 2 is 2.08 bits per heavy atom. The predicted molar refractivity (Wildman–Crippen MR) is 57.8 cm³/mol. The fourth-order valence-electron chi connectivity index (χ4n) is 1.34. The molecule has 0 bridgehead atoms. The van der Waals surface area contributed by atoms with Gasteiger partial charge in [0.15, 0.2) is 0 Å². The fourth-order valence-corrected chi connectivity index (χ4v) is 2.38. The number of fused-ring (bicyclic) bond motifs is 1. The number of hydrogen-bond acceptors (Lipinski definition) is 1. The molecule has 0 radical (unpaired) electrons. The average molecular weight is 180 g/mol. The summed E-state index contributed by atoms with van der Waals surface area (Å²) >= 11 is 1.90. The Labute approximate surface area is 78.9 Å². The lowest BCUT2D eigenvalue weighted by molar-refractivity contribution is 1.01. The molecule has 0 atom stereocenters. The van der Waals surface area contributed by atoms with Crippen molar-refractivity contribution in [3.05, 3.63) is 27.5 Å². The smallest absolute Gasteiger partial charge is 0.0123 e. The monoisotopic (exact) mass is 180 g/mol. The molecule has 0 nitrogen and oxygen atoms in total. The van der Waals surface area contributed by atoms with E-state index in [1.165, 1.54) is 24.0 Å². The molecule has 0 aliphatic heterocycles. The first-order chi connectivity index (χ1) is 5.88. The highest BCUT2D eigenvalue weighted by Crippen LogP contribution is 2.27. The Morgan fingerprint density at radius 1 is 1.33 bits per heavy atom. The van der Waals surface area contributed by atoms with Crippen molar-refractivity contribution in [2.24, 2.45) is 0 Å². The van der Waals surface area contributed by atoms with Crippen LogP contribution in [0.2, 0.25) is 0 Å². The summed E-state index contributed by atoms with van der Waals surface area (Å²) in [6.45, 7) is 6.19. The molecule has 0 spiro atoms. The van der Waals surface area contributed by atoms with Gasteiger partial charge in [0.1, 0.15) is 0 Å². The molecule has 0 amide bonds. The zero-order valence-corrected chi connectivity index (χ0v) is 8.87. The van der Waals surface area contributed by atoms with Gasteiger partial charge >= 0.3 is 0 Å². The molecule has 1 heteroatoms. The predicted octanol–water partition coefficient (Wildman–Crippen LogP) is 4.04. The number of hydrogen-bond donors (Lipinski definition) is 0. The first kappa shape index (κ1) is 9.53. The highest BCUT2D eigenvalue weighted by molar-refractivity contribution is 7.10. The third-order valence-corrected chi connectivity index (χ3v) is 3.11. The zero-order valence-electron chi connectivity index (χ0n) is 8.05. The third-order valence-electron chi connectivity index (χ3n) is 1.93. The number of aryl methyl sites for hydroxylation is 2. The molecular formula is C11H16S. The van der Waals surface area contributed by atoms with Crippen LogP contribution < -0.4 is 0 Å². The Bertz CT molecular complexity index is 269. The van der Waals surface area contributed by atoms with Crippen molar-refractivity contribution in [1.29, 1.82) is 0 Å². The van der Waals surface area contributed by atoms with Gasteiger partial charge in [0.25, 0.3) is 0 Å². The van der Waals surface area contributed by atoms with Gasteiger partial charge in [-0.25, -0.2) is 0 Å². The van der Waals surface area contributed by atoms with E-state index < -0.39 is 0 Å². The normalized spacial score (nSPS) is 13.2. The minimum absolute atomic E-state index is 1.23. The van der Waals surface area contributed by atoms with Crippen molar-refractivity contribution in [3.8, 4) is 0 Å². The van der Waals surface area contributed by atoms with Gasteiger partial charge < -0.3 is 0 Å². The van der Waals surface area contributed by atoms with E-state index >= 15 is 0 Å². The van der Waals surface area contributed by atoms with Crippen molar-refractivity contribution >= 4 is 17.4 Å². The molecule has 1 heterocycles. The van der Waals surface area contributed by atoms with Crippen molar-refractivity contribution in [2.45, 2.75) is 33.6 Å². The van der Waals surface area contributed by atoms with E-state index in [1.54, 1.807) is 4.88 Å². The van der Waals surface area contributed by atoms with E-state index in [4.69, 9.17) is 0 Å². The van der Waals surface area contributed by atoms with Crippen molar-refractivity contribution in [3.63, 3.8) is 0 Å². The van der Waals surface area contributed by atoms with Gasteiger partial charge in [0.05, 0.1) is 0 Å². The molecule has 0 saturated heterocycles. The molecular weight excluding hydrogens is 164 g/mol. The lowest BCUT2D eigenvalue weighted by Crippen LogP contribution is -1.88. The summed E-state index contributed by atoms with van der Waals surface area (Å²) in [6, 6.07) is 0. The third kappa shape index (κ3) is 1.78. The summed E-state index contributed by atoms with van der Waals surface area (Å²) in [4.78, 5) is 1.57. The fraction of sp³-hybridized carbons (Fsp3) is 0.455. The van der Waals surface area contributed by atoms with Gasteiger partial charge in [0, 0.05) is 4.88 Å². The Balaban J connectivity index is 0.000000336. The van der Waals surface area contributed by atoms with E-state index in [9.17, 15) is 0 Å². The molecule has 2 rings (SSSR count). The first-order valence-corrected chi connectivity index (χ1v) is 5.49. The molecule has 0 fully saturated rings. The Kier molecular flexibility index (Phi) is 3.54. The minimum atomic E-state index is 1.23. The highest BCUT2D eigenvalue weighted by atomic mass is 32.1. The molecule has 0 unspecified atom stereocenters. The van der Waals surface area contributed by atoms with Crippen LogP contribution in [0.1, 0.15) is 36.3 Å². The molecule has 12 heavy (non-hydrogen) atoms. The number of allylic oxidation sites excluding steroid dienone is 1. The van der Waals surface area contributed by atoms with Crippen LogP contribution >= 0.6 is 11.3 Å². The van der Waals surface area contributed by atoms with Crippen LogP contribution in [0.25, 0.3) is 6.08 Å². The topological polar surface area (TPSA) is 0 Å².